The van der Waals surface area contributed by atoms with Gasteiger partial charge in [-0.15, -0.1) is 0 Å². The van der Waals surface area contributed by atoms with Crippen molar-refractivity contribution in [1.29, 1.82) is 0 Å². The highest BCUT2D eigenvalue weighted by Crippen LogP contribution is 2.33. The number of carbonyl (C=O) groups is 1. The molecular weight excluding hydrogens is 584 g/mol. The Bertz CT molecular complexity index is 1590. The van der Waals surface area contributed by atoms with Crippen molar-refractivity contribution in [2.75, 3.05) is 30.8 Å². The molecule has 12 heteroatoms. The molecule has 46 heavy (non-hydrogen) atoms. The van der Waals surface area contributed by atoms with Gasteiger partial charge in [-0.05, 0) is 54.6 Å². The maximum Gasteiger partial charge on any atom is 0.319 e. The van der Waals surface area contributed by atoms with Crippen molar-refractivity contribution in [2.45, 2.75) is 77.0 Å². The zero-order valence-electron chi connectivity index (χ0n) is 27.4. The topological polar surface area (TPSA) is 150 Å². The van der Waals surface area contributed by atoms with Crippen LogP contribution in [0.1, 0.15) is 52.8 Å². The van der Waals surface area contributed by atoms with Crippen LogP contribution in [0.15, 0.2) is 67.3 Å². The molecule has 0 radical (unpaired) electrons. The van der Waals surface area contributed by atoms with Crippen LogP contribution in [0.4, 0.5) is 22.0 Å². The molecule has 2 aromatic heterocycles. The molecule has 5 rings (SSSR count). The Morgan fingerprint density at radius 1 is 1.02 bits per heavy atom. The molecule has 1 fully saturated rings. The number of nitrogens with one attached hydrogen (secondary N) is 3. The normalized spacial score (nSPS) is 21.3. The molecule has 1 unspecified atom stereocenters. The molecule has 6 atom stereocenters. The number of aliphatic hydroxyl groups is 2. The number of hydrogen-bond acceptors (Lipinski definition) is 9. The average Bonchev–Trinajstić information content (AvgIpc) is 3.57. The number of rotatable bonds is 11. The lowest BCUT2D eigenvalue weighted by Gasteiger charge is -2.30. The molecule has 1 aliphatic heterocycles. The summed E-state index contributed by atoms with van der Waals surface area (Å²) in [6.07, 6.45) is -0.0825. The van der Waals surface area contributed by atoms with E-state index in [0.717, 1.165) is 17.8 Å². The summed E-state index contributed by atoms with van der Waals surface area (Å²) in [4.78, 5) is 28.1. The second-order valence-electron chi connectivity index (χ2n) is 13.2. The zero-order valence-corrected chi connectivity index (χ0v) is 27.4. The number of imidazole rings is 1. The van der Waals surface area contributed by atoms with Crippen molar-refractivity contribution in [3.05, 3.63) is 72.8 Å². The van der Waals surface area contributed by atoms with Crippen molar-refractivity contribution < 1.29 is 19.7 Å². The molecule has 1 saturated heterocycles. The summed E-state index contributed by atoms with van der Waals surface area (Å²) in [5, 5.41) is 31.3. The molecule has 0 spiro atoms. The maximum absolute atomic E-state index is 12.8. The fraction of sp³-hybridized carbons (Fsp3) is 0.471. The lowest BCUT2D eigenvalue weighted by atomic mass is 9.87. The van der Waals surface area contributed by atoms with E-state index >= 15 is 0 Å². The van der Waals surface area contributed by atoms with Gasteiger partial charge >= 0.3 is 6.03 Å². The summed E-state index contributed by atoms with van der Waals surface area (Å²) >= 11 is 0. The van der Waals surface area contributed by atoms with E-state index in [0.29, 0.717) is 30.1 Å². The first kappa shape index (κ1) is 33.3. The Morgan fingerprint density at radius 2 is 1.74 bits per heavy atom. The monoisotopic (exact) mass is 630 g/mol. The summed E-state index contributed by atoms with van der Waals surface area (Å²) in [5.41, 5.74) is 3.85. The minimum Gasteiger partial charge on any atom is -0.387 e. The molecule has 3 heterocycles. The van der Waals surface area contributed by atoms with Gasteiger partial charge in [-0.1, -0.05) is 65.0 Å². The summed E-state index contributed by atoms with van der Waals surface area (Å²) in [7, 11) is 1.94. The van der Waals surface area contributed by atoms with E-state index in [2.05, 4.69) is 63.5 Å². The minimum absolute atomic E-state index is 0.0430. The fourth-order valence-electron chi connectivity index (χ4n) is 5.93. The Hall–Kier alpha value is -4.10. The summed E-state index contributed by atoms with van der Waals surface area (Å²) in [5.74, 6) is 0.632. The minimum atomic E-state index is -1.18. The molecule has 0 aliphatic carbocycles. The SMILES string of the molecule is CCC(NC(=O)Nc1ccc(C(C)(C)C)cc1)[C@H](C)CN(C)C[C@H]1O[C@@H](n2cnc3c(Nc4ccccc4)ncnc32)[C@H](O)[C@H]1O. The second-order valence-corrected chi connectivity index (χ2v) is 13.2. The van der Waals surface area contributed by atoms with Crippen molar-refractivity contribution in [2.24, 2.45) is 5.92 Å². The number of benzene rings is 2. The van der Waals surface area contributed by atoms with E-state index in [4.69, 9.17) is 4.74 Å². The highest BCUT2D eigenvalue weighted by Gasteiger charge is 2.44. The Kier molecular flexibility index (Phi) is 10.2. The maximum atomic E-state index is 12.8. The predicted molar refractivity (Wildman–Crippen MR) is 179 cm³/mol. The van der Waals surface area contributed by atoms with Crippen molar-refractivity contribution in [3.8, 4) is 0 Å². The third-order valence-corrected chi connectivity index (χ3v) is 8.55. The molecule has 246 valence electrons. The molecule has 12 nitrogen and oxygen atoms in total. The standard InChI is InChI=1S/C34H46N8O4/c1-7-25(40-33(45)39-24-15-13-22(14-16-24)34(3,4)5)21(2)17-41(6)18-26-28(43)29(44)32(46-26)42-20-37-27-30(35-19-36-31(27)42)38-23-11-9-8-10-12-23/h8-16,19-21,25-26,28-29,32,43-44H,7,17-18H2,1-6H3,(H,35,36,38)(H2,39,40,45)/t21-,25?,26-,28+,29-,32-/m1/s1. The van der Waals surface area contributed by atoms with E-state index < -0.39 is 24.5 Å². The Labute approximate surface area is 270 Å². The van der Waals surface area contributed by atoms with Crippen LogP contribution in [0.3, 0.4) is 0 Å². The second kappa shape index (κ2) is 14.1. The van der Waals surface area contributed by atoms with Crippen LogP contribution in [-0.2, 0) is 10.2 Å². The molecule has 0 saturated carbocycles. The van der Waals surface area contributed by atoms with Crippen LogP contribution >= 0.6 is 0 Å². The van der Waals surface area contributed by atoms with Crippen LogP contribution in [-0.4, -0.2) is 85.2 Å². The summed E-state index contributed by atoms with van der Waals surface area (Å²) in [6, 6.07) is 17.2. The van der Waals surface area contributed by atoms with Gasteiger partial charge in [0.2, 0.25) is 0 Å². The number of aromatic nitrogens is 4. The largest absolute Gasteiger partial charge is 0.387 e. The quantitative estimate of drug-likeness (QED) is 0.160. The lowest BCUT2D eigenvalue weighted by Crippen LogP contribution is -2.46. The van der Waals surface area contributed by atoms with Crippen molar-refractivity contribution in [3.63, 3.8) is 0 Å². The van der Waals surface area contributed by atoms with E-state index in [1.54, 1.807) is 10.9 Å². The van der Waals surface area contributed by atoms with Gasteiger partial charge in [-0.3, -0.25) is 4.57 Å². The van der Waals surface area contributed by atoms with Gasteiger partial charge < -0.3 is 35.8 Å². The van der Waals surface area contributed by atoms with E-state index in [-0.39, 0.29) is 23.4 Å². The van der Waals surface area contributed by atoms with Gasteiger partial charge in [-0.2, -0.15) is 0 Å². The first-order chi connectivity index (χ1) is 21.9. The number of carbonyl (C=O) groups excluding carboxylic acids is 1. The van der Waals surface area contributed by atoms with E-state index in [9.17, 15) is 15.0 Å². The highest BCUT2D eigenvalue weighted by molar-refractivity contribution is 5.89. The predicted octanol–water partition coefficient (Wildman–Crippen LogP) is 4.65. The Morgan fingerprint density at radius 3 is 2.41 bits per heavy atom. The molecule has 2 aromatic carbocycles. The molecule has 5 N–H and O–H groups in total. The molecule has 4 aromatic rings. The zero-order chi connectivity index (χ0) is 33.0. The number of amides is 2. The smallest absolute Gasteiger partial charge is 0.319 e. The van der Waals surface area contributed by atoms with E-state index in [1.807, 2.05) is 68.6 Å². The van der Waals surface area contributed by atoms with Gasteiger partial charge in [0.05, 0.1) is 6.33 Å². The van der Waals surface area contributed by atoms with Gasteiger partial charge in [0, 0.05) is 30.5 Å². The molecular formula is C34H46N8O4. The molecule has 0 bridgehead atoms. The third-order valence-electron chi connectivity index (χ3n) is 8.55. The number of anilines is 3. The average molecular weight is 631 g/mol. The van der Waals surface area contributed by atoms with E-state index in [1.165, 1.54) is 11.9 Å². The van der Waals surface area contributed by atoms with Crippen LogP contribution in [0, 0.1) is 5.92 Å². The van der Waals surface area contributed by atoms with Gasteiger partial charge in [0.1, 0.15) is 24.6 Å². The number of aliphatic hydroxyl groups excluding tert-OH is 2. The number of para-hydroxylation sites is 1. The highest BCUT2D eigenvalue weighted by atomic mass is 16.6. The Balaban J connectivity index is 1.17. The number of nitrogens with zero attached hydrogens (tertiary/aromatic N) is 5. The fourth-order valence-corrected chi connectivity index (χ4v) is 5.93. The van der Waals surface area contributed by atoms with Crippen LogP contribution < -0.4 is 16.0 Å². The van der Waals surface area contributed by atoms with Crippen LogP contribution in [0.2, 0.25) is 0 Å². The first-order valence-electron chi connectivity index (χ1n) is 15.8. The summed E-state index contributed by atoms with van der Waals surface area (Å²) in [6.45, 7) is 11.6. The number of ether oxygens (including phenoxy) is 1. The number of hydrogen-bond donors (Lipinski definition) is 5. The van der Waals surface area contributed by atoms with Gasteiger partial charge in [0.25, 0.3) is 0 Å². The molecule has 2 amide bonds. The lowest BCUT2D eigenvalue weighted by molar-refractivity contribution is -0.0431. The van der Waals surface area contributed by atoms with Crippen molar-refractivity contribution >= 4 is 34.4 Å². The number of urea groups is 1. The van der Waals surface area contributed by atoms with Crippen LogP contribution in [0.5, 0.6) is 0 Å². The van der Waals surface area contributed by atoms with Gasteiger partial charge in [-0.25, -0.2) is 19.7 Å². The summed E-state index contributed by atoms with van der Waals surface area (Å²) < 4.78 is 7.85. The molecule has 1 aliphatic rings. The van der Waals surface area contributed by atoms with Crippen molar-refractivity contribution in [1.82, 2.24) is 29.7 Å². The number of likely N-dealkylation sites (N-methyl/N-ethyl adjacent to an activating group) is 1. The number of fused-ring (bicyclic) bond motifs is 1. The van der Waals surface area contributed by atoms with Crippen LogP contribution in [0.25, 0.3) is 11.2 Å². The third kappa shape index (κ3) is 7.64. The van der Waals surface area contributed by atoms with Gasteiger partial charge in [0.15, 0.2) is 23.2 Å². The first-order valence-corrected chi connectivity index (χ1v) is 15.8.